The maximum Gasteiger partial charge on any atom is 0.312 e. The molecule has 0 saturated heterocycles. The lowest BCUT2D eigenvalue weighted by Crippen LogP contribution is -2.33. The third-order valence-corrected chi connectivity index (χ3v) is 2.63. The van der Waals surface area contributed by atoms with Crippen molar-refractivity contribution >= 4 is 17.7 Å². The third-order valence-electron chi connectivity index (χ3n) is 2.63. The smallest absolute Gasteiger partial charge is 0.312 e. The Morgan fingerprint density at radius 2 is 1.89 bits per heavy atom. The van der Waals surface area contributed by atoms with Crippen molar-refractivity contribution in [3.63, 3.8) is 0 Å². The van der Waals surface area contributed by atoms with Gasteiger partial charge in [0.2, 0.25) is 0 Å². The van der Waals surface area contributed by atoms with Gasteiger partial charge in [-0.25, -0.2) is 14.8 Å². The minimum Gasteiger partial charge on any atom is -0.373 e. The van der Waals surface area contributed by atoms with E-state index in [9.17, 15) is 4.79 Å². The Balaban J connectivity index is 2.80. The van der Waals surface area contributed by atoms with Gasteiger partial charge in [0.15, 0.2) is 0 Å². The Morgan fingerprint density at radius 1 is 1.26 bits per heavy atom. The molecule has 0 fully saturated rings. The van der Waals surface area contributed by atoms with Gasteiger partial charge in [-0.3, -0.25) is 0 Å². The second-order valence-corrected chi connectivity index (χ2v) is 4.53. The van der Waals surface area contributed by atoms with Crippen LogP contribution in [0.5, 0.6) is 0 Å². The first kappa shape index (κ1) is 15.0. The van der Waals surface area contributed by atoms with Gasteiger partial charge >= 0.3 is 6.03 Å². The molecule has 2 amide bonds. The second kappa shape index (κ2) is 6.77. The zero-order valence-corrected chi connectivity index (χ0v) is 11.9. The predicted octanol–water partition coefficient (Wildman–Crippen LogP) is 1.03. The normalized spacial score (nSPS) is 10.4. The number of primary amides is 1. The van der Waals surface area contributed by atoms with E-state index in [2.05, 4.69) is 25.9 Å². The van der Waals surface area contributed by atoms with E-state index in [0.29, 0.717) is 13.1 Å². The molecule has 1 aromatic heterocycles. The van der Waals surface area contributed by atoms with Gasteiger partial charge in [-0.15, -0.1) is 0 Å². The molecule has 0 unspecified atom stereocenters. The van der Waals surface area contributed by atoms with Crippen LogP contribution in [-0.2, 0) is 0 Å². The zero-order valence-electron chi connectivity index (χ0n) is 11.9. The van der Waals surface area contributed by atoms with Gasteiger partial charge in [0.1, 0.15) is 17.5 Å². The number of urea groups is 1. The van der Waals surface area contributed by atoms with Gasteiger partial charge in [-0.2, -0.15) is 0 Å². The predicted molar refractivity (Wildman–Crippen MR) is 76.5 cm³/mol. The van der Waals surface area contributed by atoms with Gasteiger partial charge < -0.3 is 21.7 Å². The lowest BCUT2D eigenvalue weighted by Gasteiger charge is -2.15. The van der Waals surface area contributed by atoms with Crippen molar-refractivity contribution in [2.75, 3.05) is 30.8 Å². The number of anilines is 2. The molecule has 5 N–H and O–H groups in total. The monoisotopic (exact) mass is 266 g/mol. The molecule has 0 saturated carbocycles. The molecule has 0 aliphatic rings. The first-order valence-electron chi connectivity index (χ1n) is 6.29. The van der Waals surface area contributed by atoms with Crippen LogP contribution in [0.3, 0.4) is 0 Å². The summed E-state index contributed by atoms with van der Waals surface area (Å²) in [5.74, 6) is 2.61. The Kier molecular flexibility index (Phi) is 5.35. The molecule has 0 aromatic carbocycles. The van der Waals surface area contributed by atoms with Crippen LogP contribution in [-0.4, -0.2) is 36.1 Å². The summed E-state index contributed by atoms with van der Waals surface area (Å²) in [5.41, 5.74) is 5.95. The van der Waals surface area contributed by atoms with Gasteiger partial charge in [-0.05, 0) is 6.92 Å². The highest BCUT2D eigenvalue weighted by molar-refractivity contribution is 5.71. The number of rotatable bonds is 6. The van der Waals surface area contributed by atoms with Crippen LogP contribution in [0.25, 0.3) is 0 Å². The number of nitrogens with one attached hydrogen (secondary N) is 3. The Bertz CT molecular complexity index is 446. The zero-order chi connectivity index (χ0) is 14.4. The van der Waals surface area contributed by atoms with Crippen LogP contribution in [0.1, 0.15) is 31.2 Å². The van der Waals surface area contributed by atoms with E-state index in [-0.39, 0.29) is 5.92 Å². The number of amides is 2. The Hall–Kier alpha value is -2.05. The summed E-state index contributed by atoms with van der Waals surface area (Å²) in [4.78, 5) is 19.5. The molecule has 19 heavy (non-hydrogen) atoms. The molecular formula is C12H22N6O. The molecule has 0 atom stereocenters. The molecule has 1 rings (SSSR count). The fraction of sp³-hybridized carbons (Fsp3) is 0.583. The summed E-state index contributed by atoms with van der Waals surface area (Å²) in [6.07, 6.45) is 0. The van der Waals surface area contributed by atoms with Crippen LogP contribution in [0, 0.1) is 6.92 Å². The largest absolute Gasteiger partial charge is 0.373 e. The topological polar surface area (TPSA) is 105 Å². The maximum absolute atomic E-state index is 10.6. The molecule has 0 spiro atoms. The molecule has 0 bridgehead atoms. The van der Waals surface area contributed by atoms with Gasteiger partial charge in [-0.1, -0.05) is 13.8 Å². The number of carbonyl (C=O) groups excluding carboxylic acids is 1. The molecule has 7 heteroatoms. The molecule has 7 nitrogen and oxygen atoms in total. The van der Waals surface area contributed by atoms with Gasteiger partial charge in [0, 0.05) is 31.6 Å². The van der Waals surface area contributed by atoms with E-state index in [1.165, 1.54) is 0 Å². The summed E-state index contributed by atoms with van der Waals surface area (Å²) in [6.45, 7) is 7.04. The average Bonchev–Trinajstić information content (AvgIpc) is 2.35. The van der Waals surface area contributed by atoms with Crippen LogP contribution < -0.4 is 21.7 Å². The standard InChI is InChI=1S/C12H22N6O/c1-7(2)9-17-10(14-4)8(3)11(18-9)15-5-6-16-12(13)19/h7H,5-6H2,1-4H3,(H3,13,16,19)(H2,14,15,17,18). The van der Waals surface area contributed by atoms with E-state index in [4.69, 9.17) is 5.73 Å². The first-order valence-corrected chi connectivity index (χ1v) is 6.29. The van der Waals surface area contributed by atoms with Crippen molar-refractivity contribution < 1.29 is 4.79 Å². The summed E-state index contributed by atoms with van der Waals surface area (Å²) in [6, 6.07) is -0.528. The van der Waals surface area contributed by atoms with E-state index in [1.807, 2.05) is 27.8 Å². The van der Waals surface area contributed by atoms with Crippen molar-refractivity contribution in [2.24, 2.45) is 5.73 Å². The molecule has 1 aromatic rings. The number of carbonyl (C=O) groups is 1. The fourth-order valence-electron chi connectivity index (χ4n) is 1.57. The lowest BCUT2D eigenvalue weighted by molar-refractivity contribution is 0.249. The SMILES string of the molecule is CNc1nc(C(C)C)nc(NCCNC(N)=O)c1C. The third kappa shape index (κ3) is 4.27. The van der Waals surface area contributed by atoms with Crippen molar-refractivity contribution in [2.45, 2.75) is 26.7 Å². The minimum atomic E-state index is -0.528. The van der Waals surface area contributed by atoms with Crippen LogP contribution in [0.2, 0.25) is 0 Å². The first-order chi connectivity index (χ1) is 8.95. The summed E-state index contributed by atoms with van der Waals surface area (Å²) < 4.78 is 0. The summed E-state index contributed by atoms with van der Waals surface area (Å²) in [5, 5.41) is 8.75. The molecule has 1 heterocycles. The number of hydrogen-bond acceptors (Lipinski definition) is 5. The quantitative estimate of drug-likeness (QED) is 0.576. The highest BCUT2D eigenvalue weighted by Crippen LogP contribution is 2.22. The molecule has 0 aliphatic carbocycles. The number of nitrogens with zero attached hydrogens (tertiary/aromatic N) is 2. The highest BCUT2D eigenvalue weighted by atomic mass is 16.2. The van der Waals surface area contributed by atoms with Crippen molar-refractivity contribution in [1.82, 2.24) is 15.3 Å². The molecule has 0 radical (unpaired) electrons. The summed E-state index contributed by atoms with van der Waals surface area (Å²) in [7, 11) is 1.83. The number of aromatic nitrogens is 2. The number of hydrogen-bond donors (Lipinski definition) is 4. The van der Waals surface area contributed by atoms with Crippen molar-refractivity contribution in [1.29, 1.82) is 0 Å². The average molecular weight is 266 g/mol. The number of nitrogens with two attached hydrogens (primary N) is 1. The van der Waals surface area contributed by atoms with E-state index < -0.39 is 6.03 Å². The minimum absolute atomic E-state index is 0.247. The molecule has 0 aliphatic heterocycles. The van der Waals surface area contributed by atoms with E-state index in [0.717, 1.165) is 23.0 Å². The van der Waals surface area contributed by atoms with Crippen molar-refractivity contribution in [3.8, 4) is 0 Å². The van der Waals surface area contributed by atoms with Crippen molar-refractivity contribution in [3.05, 3.63) is 11.4 Å². The van der Waals surface area contributed by atoms with Crippen LogP contribution in [0.15, 0.2) is 0 Å². The van der Waals surface area contributed by atoms with Gasteiger partial charge in [0.05, 0.1) is 0 Å². The van der Waals surface area contributed by atoms with Crippen LogP contribution in [0.4, 0.5) is 16.4 Å². The van der Waals surface area contributed by atoms with Gasteiger partial charge in [0.25, 0.3) is 0 Å². The summed E-state index contributed by atoms with van der Waals surface area (Å²) >= 11 is 0. The highest BCUT2D eigenvalue weighted by Gasteiger charge is 2.11. The fourth-order valence-corrected chi connectivity index (χ4v) is 1.57. The lowest BCUT2D eigenvalue weighted by atomic mass is 10.2. The maximum atomic E-state index is 10.6. The Morgan fingerprint density at radius 3 is 2.42 bits per heavy atom. The Labute approximate surface area is 113 Å². The van der Waals surface area contributed by atoms with Crippen LogP contribution >= 0.6 is 0 Å². The molecule has 106 valence electrons. The molecular weight excluding hydrogens is 244 g/mol. The van der Waals surface area contributed by atoms with E-state index in [1.54, 1.807) is 0 Å². The van der Waals surface area contributed by atoms with E-state index >= 15 is 0 Å². The second-order valence-electron chi connectivity index (χ2n) is 4.53.